The van der Waals surface area contributed by atoms with Crippen molar-refractivity contribution in [3.05, 3.63) is 10.6 Å². The third-order valence-electron chi connectivity index (χ3n) is 3.06. The van der Waals surface area contributed by atoms with E-state index in [0.717, 1.165) is 31.7 Å². The molecule has 1 aliphatic rings. The van der Waals surface area contributed by atoms with Crippen molar-refractivity contribution in [2.45, 2.75) is 39.3 Å². The zero-order valence-electron chi connectivity index (χ0n) is 11.1. The van der Waals surface area contributed by atoms with Gasteiger partial charge in [-0.3, -0.25) is 9.69 Å². The zero-order chi connectivity index (χ0) is 13.3. The maximum Gasteiger partial charge on any atom is 0.245 e. The predicted molar refractivity (Wildman–Crippen MR) is 73.7 cm³/mol. The van der Waals surface area contributed by atoms with E-state index in [4.69, 9.17) is 5.73 Å². The number of aromatic nitrogens is 1. The van der Waals surface area contributed by atoms with Crippen LogP contribution >= 0.6 is 11.3 Å². The number of nitrogens with zero attached hydrogens (tertiary/aromatic N) is 2. The van der Waals surface area contributed by atoms with Gasteiger partial charge in [-0.1, -0.05) is 6.92 Å². The number of thiazole rings is 1. The summed E-state index contributed by atoms with van der Waals surface area (Å²) < 4.78 is 0. The van der Waals surface area contributed by atoms with Crippen molar-refractivity contribution in [1.29, 1.82) is 0 Å². The van der Waals surface area contributed by atoms with E-state index < -0.39 is 5.54 Å². The van der Waals surface area contributed by atoms with Crippen molar-refractivity contribution in [2.75, 3.05) is 18.4 Å². The highest BCUT2D eigenvalue weighted by molar-refractivity contribution is 7.15. The van der Waals surface area contributed by atoms with Crippen LogP contribution in [0.3, 0.4) is 0 Å². The molecule has 2 heterocycles. The van der Waals surface area contributed by atoms with Crippen LogP contribution in [0.15, 0.2) is 0 Å². The lowest BCUT2D eigenvalue weighted by Gasteiger charge is -2.23. The number of carbonyl (C=O) groups excluding carboxylic acids is 1. The molecule has 0 fully saturated rings. The zero-order valence-corrected chi connectivity index (χ0v) is 11.9. The Morgan fingerprint density at radius 3 is 2.94 bits per heavy atom. The summed E-state index contributed by atoms with van der Waals surface area (Å²) >= 11 is 1.56. The van der Waals surface area contributed by atoms with E-state index in [1.54, 1.807) is 25.2 Å². The van der Waals surface area contributed by atoms with Gasteiger partial charge in [0, 0.05) is 24.4 Å². The lowest BCUT2D eigenvalue weighted by molar-refractivity contribution is -0.120. The van der Waals surface area contributed by atoms with Gasteiger partial charge in [0.25, 0.3) is 0 Å². The van der Waals surface area contributed by atoms with Crippen LogP contribution in [0.4, 0.5) is 5.13 Å². The highest BCUT2D eigenvalue weighted by atomic mass is 32.1. The third-order valence-corrected chi connectivity index (χ3v) is 4.06. The van der Waals surface area contributed by atoms with Crippen molar-refractivity contribution in [3.63, 3.8) is 0 Å². The van der Waals surface area contributed by atoms with Crippen LogP contribution in [0.5, 0.6) is 0 Å². The Morgan fingerprint density at radius 2 is 2.33 bits per heavy atom. The minimum Gasteiger partial charge on any atom is -0.318 e. The minimum absolute atomic E-state index is 0.194. The molecule has 0 saturated heterocycles. The fraction of sp³-hybridized carbons (Fsp3) is 0.667. The van der Waals surface area contributed by atoms with Gasteiger partial charge >= 0.3 is 0 Å². The molecule has 0 aromatic carbocycles. The quantitative estimate of drug-likeness (QED) is 0.864. The molecule has 1 aromatic heterocycles. The molecule has 0 radical (unpaired) electrons. The molecule has 100 valence electrons. The first kappa shape index (κ1) is 13.5. The molecule has 1 aliphatic heterocycles. The molecule has 2 rings (SSSR count). The van der Waals surface area contributed by atoms with Crippen LogP contribution in [-0.2, 0) is 17.8 Å². The maximum absolute atomic E-state index is 11.8. The van der Waals surface area contributed by atoms with Crippen molar-refractivity contribution in [3.8, 4) is 0 Å². The third kappa shape index (κ3) is 2.88. The Hall–Kier alpha value is -0.980. The average molecular weight is 268 g/mol. The first-order valence-corrected chi connectivity index (χ1v) is 7.03. The van der Waals surface area contributed by atoms with E-state index in [0.29, 0.717) is 5.13 Å². The predicted octanol–water partition coefficient (Wildman–Crippen LogP) is 1.20. The molecular formula is C12H20N4OS. The number of likely N-dealkylation sites (N-methyl/N-ethyl adjacent to an activating group) is 1. The molecule has 6 heteroatoms. The van der Waals surface area contributed by atoms with Crippen molar-refractivity contribution >= 4 is 22.4 Å². The molecule has 1 amide bonds. The molecular weight excluding hydrogens is 248 g/mol. The van der Waals surface area contributed by atoms with Gasteiger partial charge in [0.05, 0.1) is 11.2 Å². The number of rotatable bonds is 3. The number of amides is 1. The summed E-state index contributed by atoms with van der Waals surface area (Å²) in [7, 11) is 0. The van der Waals surface area contributed by atoms with Gasteiger partial charge < -0.3 is 11.1 Å². The van der Waals surface area contributed by atoms with Crippen LogP contribution in [0.25, 0.3) is 0 Å². The van der Waals surface area contributed by atoms with Gasteiger partial charge in [-0.25, -0.2) is 4.98 Å². The van der Waals surface area contributed by atoms with Crippen LogP contribution in [0.2, 0.25) is 0 Å². The molecule has 0 unspecified atom stereocenters. The van der Waals surface area contributed by atoms with Crippen LogP contribution in [0, 0.1) is 0 Å². The standard InChI is InChI=1S/C12H20N4OS/c1-4-16-6-5-8-9(7-16)18-11(14-8)15-10(17)12(2,3)13/h4-7,13H2,1-3H3,(H,14,15,17). The number of carbonyl (C=O) groups is 1. The first-order chi connectivity index (χ1) is 8.40. The Balaban J connectivity index is 2.09. The van der Waals surface area contributed by atoms with Crippen molar-refractivity contribution in [2.24, 2.45) is 5.73 Å². The van der Waals surface area contributed by atoms with E-state index in [9.17, 15) is 4.79 Å². The second kappa shape index (κ2) is 4.95. The molecule has 0 aliphatic carbocycles. The lowest BCUT2D eigenvalue weighted by Crippen LogP contribution is -2.45. The molecule has 0 spiro atoms. The monoisotopic (exact) mass is 268 g/mol. The highest BCUT2D eigenvalue weighted by Crippen LogP contribution is 2.28. The van der Waals surface area contributed by atoms with Crippen LogP contribution < -0.4 is 11.1 Å². The molecule has 0 atom stereocenters. The Bertz CT molecular complexity index is 449. The van der Waals surface area contributed by atoms with Crippen LogP contribution in [-0.4, -0.2) is 34.4 Å². The molecule has 18 heavy (non-hydrogen) atoms. The van der Waals surface area contributed by atoms with E-state index in [-0.39, 0.29) is 5.91 Å². The Morgan fingerprint density at radius 1 is 1.61 bits per heavy atom. The Kier molecular flexibility index (Phi) is 3.70. The van der Waals surface area contributed by atoms with Gasteiger partial charge in [-0.2, -0.15) is 0 Å². The van der Waals surface area contributed by atoms with E-state index in [1.807, 2.05) is 0 Å². The van der Waals surface area contributed by atoms with Crippen molar-refractivity contribution in [1.82, 2.24) is 9.88 Å². The second-order valence-electron chi connectivity index (χ2n) is 5.18. The fourth-order valence-corrected chi connectivity index (χ4v) is 2.88. The number of fused-ring (bicyclic) bond motifs is 1. The summed E-state index contributed by atoms with van der Waals surface area (Å²) in [5, 5.41) is 3.46. The Labute approximate surface area is 111 Å². The number of nitrogens with one attached hydrogen (secondary N) is 1. The number of nitrogens with two attached hydrogens (primary N) is 1. The number of hydrogen-bond donors (Lipinski definition) is 2. The van der Waals surface area contributed by atoms with E-state index >= 15 is 0 Å². The molecule has 3 N–H and O–H groups in total. The van der Waals surface area contributed by atoms with Crippen LogP contribution in [0.1, 0.15) is 31.3 Å². The summed E-state index contributed by atoms with van der Waals surface area (Å²) in [5.74, 6) is -0.194. The molecule has 0 bridgehead atoms. The topological polar surface area (TPSA) is 71.2 Å². The largest absolute Gasteiger partial charge is 0.318 e. The van der Waals surface area contributed by atoms with E-state index in [1.165, 1.54) is 4.88 Å². The van der Waals surface area contributed by atoms with E-state index in [2.05, 4.69) is 22.1 Å². The van der Waals surface area contributed by atoms with Gasteiger partial charge in [0.2, 0.25) is 5.91 Å². The molecule has 5 nitrogen and oxygen atoms in total. The minimum atomic E-state index is -0.873. The average Bonchev–Trinajstić information content (AvgIpc) is 2.68. The van der Waals surface area contributed by atoms with Crippen molar-refractivity contribution < 1.29 is 4.79 Å². The number of hydrogen-bond acceptors (Lipinski definition) is 5. The summed E-state index contributed by atoms with van der Waals surface area (Å²) in [6.07, 6.45) is 0.960. The van der Waals surface area contributed by atoms with Gasteiger partial charge in [0.1, 0.15) is 0 Å². The first-order valence-electron chi connectivity index (χ1n) is 6.21. The van der Waals surface area contributed by atoms with Gasteiger partial charge in [0.15, 0.2) is 5.13 Å². The maximum atomic E-state index is 11.8. The summed E-state index contributed by atoms with van der Waals surface area (Å²) in [6.45, 7) is 8.57. The normalized spacial score (nSPS) is 16.4. The fourth-order valence-electron chi connectivity index (χ4n) is 1.83. The highest BCUT2D eigenvalue weighted by Gasteiger charge is 2.25. The van der Waals surface area contributed by atoms with Gasteiger partial charge in [-0.15, -0.1) is 11.3 Å². The lowest BCUT2D eigenvalue weighted by atomic mass is 10.1. The summed E-state index contributed by atoms with van der Waals surface area (Å²) in [5.41, 5.74) is 6.00. The summed E-state index contributed by atoms with van der Waals surface area (Å²) in [6, 6.07) is 0. The number of anilines is 1. The summed E-state index contributed by atoms with van der Waals surface area (Å²) in [4.78, 5) is 19.9. The smallest absolute Gasteiger partial charge is 0.245 e. The molecule has 1 aromatic rings. The molecule has 0 saturated carbocycles. The van der Waals surface area contributed by atoms with Gasteiger partial charge in [-0.05, 0) is 20.4 Å². The second-order valence-corrected chi connectivity index (χ2v) is 6.27. The SMILES string of the molecule is CCN1CCc2nc(NC(=O)C(C)(C)N)sc2C1.